The Hall–Kier alpha value is -0.500. The second-order valence-electron chi connectivity index (χ2n) is 7.73. The molecule has 1 nitrogen and oxygen atoms in total. The number of rotatable bonds is 2. The average molecular weight is 336 g/mol. The Labute approximate surface area is 131 Å². The maximum absolute atomic E-state index is 3.86. The zero-order chi connectivity index (χ0) is 14.7. The molecule has 0 saturated heterocycles. The van der Waals surface area contributed by atoms with Crippen molar-refractivity contribution in [1.29, 1.82) is 0 Å². The molecule has 20 heavy (non-hydrogen) atoms. The number of aryl methyl sites for hydroxylation is 2. The normalized spacial score (nSPS) is 34.5. The van der Waals surface area contributed by atoms with Crippen LogP contribution in [0.2, 0.25) is 0 Å². The fraction of sp³-hybridized carbons (Fsp3) is 0.667. The van der Waals surface area contributed by atoms with Crippen molar-refractivity contribution >= 4 is 21.6 Å². The summed E-state index contributed by atoms with van der Waals surface area (Å²) in [4.78, 5) is 0. The number of fused-ring (bicyclic) bond motifs is 2. The van der Waals surface area contributed by atoms with E-state index in [-0.39, 0.29) is 0 Å². The van der Waals surface area contributed by atoms with Gasteiger partial charge in [0.2, 0.25) is 0 Å². The van der Waals surface area contributed by atoms with Crippen LogP contribution in [0, 0.1) is 30.6 Å². The van der Waals surface area contributed by atoms with E-state index in [0.717, 1.165) is 5.92 Å². The van der Waals surface area contributed by atoms with Crippen molar-refractivity contribution in [3.8, 4) is 0 Å². The van der Waals surface area contributed by atoms with Gasteiger partial charge in [0.1, 0.15) is 0 Å². The minimum absolute atomic E-state index is 0.437. The minimum Gasteiger partial charge on any atom is -0.382 e. The van der Waals surface area contributed by atoms with Crippen LogP contribution in [0.25, 0.3) is 0 Å². The highest BCUT2D eigenvalue weighted by Gasteiger charge is 2.61. The SMILES string of the molecule is Cc1cc(NC2CC3CCC2(C)C3(C)C)cc(C)c1Br. The van der Waals surface area contributed by atoms with Crippen molar-refractivity contribution in [2.75, 3.05) is 5.32 Å². The van der Waals surface area contributed by atoms with E-state index >= 15 is 0 Å². The van der Waals surface area contributed by atoms with Gasteiger partial charge in [-0.15, -0.1) is 0 Å². The van der Waals surface area contributed by atoms with Crippen LogP contribution in [0.3, 0.4) is 0 Å². The summed E-state index contributed by atoms with van der Waals surface area (Å²) in [5.74, 6) is 0.891. The summed E-state index contributed by atoms with van der Waals surface area (Å²) in [7, 11) is 0. The van der Waals surface area contributed by atoms with E-state index in [1.165, 1.54) is 40.5 Å². The van der Waals surface area contributed by atoms with E-state index in [9.17, 15) is 0 Å². The van der Waals surface area contributed by atoms with Crippen LogP contribution in [-0.2, 0) is 0 Å². The number of hydrogen-bond acceptors (Lipinski definition) is 1. The van der Waals surface area contributed by atoms with Crippen LogP contribution in [0.5, 0.6) is 0 Å². The van der Waals surface area contributed by atoms with E-state index in [1.54, 1.807) is 0 Å². The zero-order valence-electron chi connectivity index (χ0n) is 13.3. The van der Waals surface area contributed by atoms with Crippen LogP contribution >= 0.6 is 15.9 Å². The first-order chi connectivity index (χ1) is 9.25. The number of halogens is 1. The Morgan fingerprint density at radius 1 is 1.15 bits per heavy atom. The molecule has 1 N–H and O–H groups in total. The molecule has 3 rings (SSSR count). The first-order valence-electron chi connectivity index (χ1n) is 7.79. The highest BCUT2D eigenvalue weighted by molar-refractivity contribution is 9.10. The van der Waals surface area contributed by atoms with Gasteiger partial charge in [-0.1, -0.05) is 36.7 Å². The Morgan fingerprint density at radius 3 is 2.20 bits per heavy atom. The van der Waals surface area contributed by atoms with Gasteiger partial charge in [-0.3, -0.25) is 0 Å². The fourth-order valence-corrected chi connectivity index (χ4v) is 4.88. The van der Waals surface area contributed by atoms with Gasteiger partial charge in [0.15, 0.2) is 0 Å². The second kappa shape index (κ2) is 4.50. The van der Waals surface area contributed by atoms with E-state index < -0.39 is 0 Å². The molecule has 0 amide bonds. The summed E-state index contributed by atoms with van der Waals surface area (Å²) in [6, 6.07) is 5.18. The summed E-state index contributed by atoms with van der Waals surface area (Å²) in [5, 5.41) is 3.86. The third kappa shape index (κ3) is 1.87. The van der Waals surface area contributed by atoms with Crippen LogP contribution in [0.1, 0.15) is 51.2 Å². The number of benzene rings is 1. The van der Waals surface area contributed by atoms with E-state index in [4.69, 9.17) is 0 Å². The van der Waals surface area contributed by atoms with Crippen molar-refractivity contribution in [1.82, 2.24) is 0 Å². The lowest BCUT2D eigenvalue weighted by Crippen LogP contribution is -2.40. The standard InChI is InChI=1S/C18H26BrN/c1-11-8-14(9-12(2)16(11)19)20-15-10-13-6-7-18(15,5)17(13,3)4/h8-9,13,15,20H,6-7,10H2,1-5H3. The van der Waals surface area contributed by atoms with Gasteiger partial charge >= 0.3 is 0 Å². The van der Waals surface area contributed by atoms with Crippen molar-refractivity contribution in [3.05, 3.63) is 27.7 Å². The third-order valence-electron chi connectivity index (χ3n) is 6.57. The Morgan fingerprint density at radius 2 is 1.75 bits per heavy atom. The number of hydrogen-bond donors (Lipinski definition) is 1. The smallest absolute Gasteiger partial charge is 0.0348 e. The van der Waals surface area contributed by atoms with Crippen molar-refractivity contribution in [2.45, 2.75) is 59.9 Å². The predicted octanol–water partition coefficient (Wildman–Crippen LogP) is 5.69. The summed E-state index contributed by atoms with van der Waals surface area (Å²) in [5.41, 5.74) is 4.84. The topological polar surface area (TPSA) is 12.0 Å². The molecule has 0 radical (unpaired) electrons. The lowest BCUT2D eigenvalue weighted by Gasteiger charge is -2.40. The van der Waals surface area contributed by atoms with Gasteiger partial charge in [-0.25, -0.2) is 0 Å². The highest BCUT2D eigenvalue weighted by atomic mass is 79.9. The van der Waals surface area contributed by atoms with Gasteiger partial charge < -0.3 is 5.32 Å². The lowest BCUT2D eigenvalue weighted by atomic mass is 9.69. The van der Waals surface area contributed by atoms with Crippen molar-refractivity contribution < 1.29 is 0 Å². The quantitative estimate of drug-likeness (QED) is 0.731. The largest absolute Gasteiger partial charge is 0.382 e. The molecule has 0 heterocycles. The van der Waals surface area contributed by atoms with Crippen LogP contribution in [0.15, 0.2) is 16.6 Å². The summed E-state index contributed by atoms with van der Waals surface area (Å²) in [6.45, 7) is 11.8. The molecule has 0 aliphatic heterocycles. The molecule has 3 unspecified atom stereocenters. The summed E-state index contributed by atoms with van der Waals surface area (Å²) < 4.78 is 1.24. The molecule has 2 aliphatic rings. The van der Waals surface area contributed by atoms with Crippen LogP contribution < -0.4 is 5.32 Å². The predicted molar refractivity (Wildman–Crippen MR) is 90.3 cm³/mol. The molecule has 3 atom stereocenters. The third-order valence-corrected chi connectivity index (χ3v) is 7.82. The number of nitrogens with one attached hydrogen (secondary N) is 1. The zero-order valence-corrected chi connectivity index (χ0v) is 14.9. The van der Waals surface area contributed by atoms with E-state index in [2.05, 4.69) is 68.0 Å². The molecule has 1 aromatic rings. The fourth-order valence-electron chi connectivity index (χ4n) is 4.65. The van der Waals surface area contributed by atoms with Crippen LogP contribution in [-0.4, -0.2) is 6.04 Å². The van der Waals surface area contributed by atoms with Crippen molar-refractivity contribution in [3.63, 3.8) is 0 Å². The molecule has 2 bridgehead atoms. The maximum Gasteiger partial charge on any atom is 0.0348 e. The average Bonchev–Trinajstić information content (AvgIpc) is 2.69. The number of anilines is 1. The molecule has 2 fully saturated rings. The highest BCUT2D eigenvalue weighted by Crippen LogP contribution is 2.65. The minimum atomic E-state index is 0.437. The van der Waals surface area contributed by atoms with Gasteiger partial charge in [0.25, 0.3) is 0 Å². The molecule has 110 valence electrons. The Balaban J connectivity index is 1.87. The summed E-state index contributed by atoms with van der Waals surface area (Å²) >= 11 is 3.66. The van der Waals surface area contributed by atoms with Gasteiger partial charge in [-0.05, 0) is 73.1 Å². The van der Waals surface area contributed by atoms with E-state index in [1.807, 2.05) is 0 Å². The molecule has 2 heteroatoms. The van der Waals surface area contributed by atoms with Crippen molar-refractivity contribution in [2.24, 2.45) is 16.7 Å². The van der Waals surface area contributed by atoms with Gasteiger partial charge in [-0.2, -0.15) is 0 Å². The van der Waals surface area contributed by atoms with Gasteiger partial charge in [0.05, 0.1) is 0 Å². The monoisotopic (exact) mass is 335 g/mol. The summed E-state index contributed by atoms with van der Waals surface area (Å²) in [6.07, 6.45) is 4.12. The maximum atomic E-state index is 3.86. The molecule has 2 aliphatic carbocycles. The lowest BCUT2D eigenvalue weighted by molar-refractivity contribution is 0.142. The molecule has 2 saturated carbocycles. The molecular formula is C18H26BrN. The first-order valence-corrected chi connectivity index (χ1v) is 8.58. The second-order valence-corrected chi connectivity index (χ2v) is 8.52. The van der Waals surface area contributed by atoms with Crippen LogP contribution in [0.4, 0.5) is 5.69 Å². The van der Waals surface area contributed by atoms with Gasteiger partial charge in [0, 0.05) is 16.2 Å². The molecule has 0 spiro atoms. The molecule has 1 aromatic carbocycles. The molecular weight excluding hydrogens is 310 g/mol. The van der Waals surface area contributed by atoms with E-state index in [0.29, 0.717) is 16.9 Å². The Bertz CT molecular complexity index is 525. The molecule has 0 aromatic heterocycles. The Kier molecular flexibility index (Phi) is 3.25. The first kappa shape index (κ1) is 14.4.